The zero-order valence-electron chi connectivity index (χ0n) is 15.2. The smallest absolute Gasteiger partial charge is 0.229 e. The Kier molecular flexibility index (Phi) is 5.02. The van der Waals surface area contributed by atoms with Gasteiger partial charge >= 0.3 is 0 Å². The van der Waals surface area contributed by atoms with Crippen molar-refractivity contribution in [2.45, 2.75) is 39.0 Å². The van der Waals surface area contributed by atoms with Crippen LogP contribution in [-0.4, -0.2) is 29.0 Å². The van der Waals surface area contributed by atoms with Crippen LogP contribution in [0.25, 0.3) is 0 Å². The fraction of sp³-hybridized carbons (Fsp3) is 0.450. The number of nitrogens with zero attached hydrogens (tertiary/aromatic N) is 3. The largest absolute Gasteiger partial charge is 0.355 e. The van der Waals surface area contributed by atoms with Crippen molar-refractivity contribution < 1.29 is 4.79 Å². The van der Waals surface area contributed by atoms with Gasteiger partial charge in [0, 0.05) is 31.2 Å². The molecule has 1 N–H and O–H groups in total. The second-order valence-electron chi connectivity index (χ2n) is 7.67. The van der Waals surface area contributed by atoms with E-state index in [1.54, 1.807) is 18.6 Å². The van der Waals surface area contributed by atoms with E-state index in [1.807, 2.05) is 12.1 Å². The minimum atomic E-state index is -0.0296. The molecular formula is C20H26N4O. The molecule has 0 radical (unpaired) electrons. The van der Waals surface area contributed by atoms with Crippen LogP contribution in [0.3, 0.4) is 0 Å². The van der Waals surface area contributed by atoms with Crippen molar-refractivity contribution in [3.63, 3.8) is 0 Å². The minimum absolute atomic E-state index is 0.0296. The molecule has 0 spiro atoms. The molecule has 0 aliphatic carbocycles. The summed E-state index contributed by atoms with van der Waals surface area (Å²) in [6, 6.07) is 8.15. The summed E-state index contributed by atoms with van der Waals surface area (Å²) in [7, 11) is 0. The van der Waals surface area contributed by atoms with Crippen LogP contribution in [0.15, 0.2) is 42.9 Å². The molecule has 1 aromatic carbocycles. The van der Waals surface area contributed by atoms with Crippen LogP contribution in [0.5, 0.6) is 0 Å². The fourth-order valence-electron chi connectivity index (χ4n) is 3.15. The van der Waals surface area contributed by atoms with Gasteiger partial charge in [-0.3, -0.25) is 9.78 Å². The van der Waals surface area contributed by atoms with Gasteiger partial charge in [0.15, 0.2) is 0 Å². The third-order valence-corrected chi connectivity index (χ3v) is 4.68. The SMILES string of the molecule is CC(C)(C)c1ccc(NC(=O)[C@@H]2CCCN(c3cnccn3)C2)cc1. The molecule has 1 atom stereocenters. The number of anilines is 2. The first-order chi connectivity index (χ1) is 11.9. The van der Waals surface area contributed by atoms with Gasteiger partial charge in [0.1, 0.15) is 5.82 Å². The summed E-state index contributed by atoms with van der Waals surface area (Å²) in [6.45, 7) is 8.16. The Morgan fingerprint density at radius 1 is 1.20 bits per heavy atom. The minimum Gasteiger partial charge on any atom is -0.355 e. The molecule has 3 rings (SSSR count). The number of rotatable bonds is 3. The van der Waals surface area contributed by atoms with Crippen LogP contribution in [0, 0.1) is 5.92 Å². The van der Waals surface area contributed by atoms with Crippen LogP contribution < -0.4 is 10.2 Å². The molecule has 132 valence electrons. The molecule has 1 aromatic heterocycles. The maximum absolute atomic E-state index is 12.7. The zero-order chi connectivity index (χ0) is 17.9. The second-order valence-corrected chi connectivity index (χ2v) is 7.67. The van der Waals surface area contributed by atoms with Crippen molar-refractivity contribution in [3.8, 4) is 0 Å². The van der Waals surface area contributed by atoms with Gasteiger partial charge in [-0.2, -0.15) is 0 Å². The van der Waals surface area contributed by atoms with E-state index in [9.17, 15) is 4.79 Å². The zero-order valence-corrected chi connectivity index (χ0v) is 15.2. The number of carbonyl (C=O) groups excluding carboxylic acids is 1. The molecule has 1 amide bonds. The molecular weight excluding hydrogens is 312 g/mol. The van der Waals surface area contributed by atoms with Gasteiger partial charge < -0.3 is 10.2 Å². The van der Waals surface area contributed by atoms with Crippen molar-refractivity contribution >= 4 is 17.4 Å². The van der Waals surface area contributed by atoms with E-state index in [1.165, 1.54) is 5.56 Å². The lowest BCUT2D eigenvalue weighted by atomic mass is 9.87. The van der Waals surface area contributed by atoms with Crippen molar-refractivity contribution in [1.82, 2.24) is 9.97 Å². The molecule has 2 aromatic rings. The molecule has 1 aliphatic heterocycles. The van der Waals surface area contributed by atoms with Crippen molar-refractivity contribution in [1.29, 1.82) is 0 Å². The number of aromatic nitrogens is 2. The summed E-state index contributed by atoms with van der Waals surface area (Å²) < 4.78 is 0. The fourth-order valence-corrected chi connectivity index (χ4v) is 3.15. The molecule has 0 saturated carbocycles. The van der Waals surface area contributed by atoms with Gasteiger partial charge in [0.2, 0.25) is 5.91 Å². The van der Waals surface area contributed by atoms with Gasteiger partial charge in [0.05, 0.1) is 12.1 Å². The number of piperidine rings is 1. The first-order valence-electron chi connectivity index (χ1n) is 8.86. The van der Waals surface area contributed by atoms with Gasteiger partial charge in [0.25, 0.3) is 0 Å². The predicted octanol–water partition coefficient (Wildman–Crippen LogP) is 3.63. The number of amides is 1. The Balaban J connectivity index is 1.63. The molecule has 5 heteroatoms. The average Bonchev–Trinajstić information content (AvgIpc) is 2.62. The third kappa shape index (κ3) is 4.35. The van der Waals surface area contributed by atoms with Crippen LogP contribution in [0.2, 0.25) is 0 Å². The van der Waals surface area contributed by atoms with E-state index in [4.69, 9.17) is 0 Å². The van der Waals surface area contributed by atoms with Crippen LogP contribution >= 0.6 is 0 Å². The van der Waals surface area contributed by atoms with E-state index >= 15 is 0 Å². The lowest BCUT2D eigenvalue weighted by Crippen LogP contribution is -2.41. The van der Waals surface area contributed by atoms with E-state index in [-0.39, 0.29) is 17.2 Å². The summed E-state index contributed by atoms with van der Waals surface area (Å²) in [6.07, 6.45) is 7.00. The normalized spacial score (nSPS) is 18.0. The lowest BCUT2D eigenvalue weighted by Gasteiger charge is -2.32. The number of carbonyl (C=O) groups is 1. The van der Waals surface area contributed by atoms with Gasteiger partial charge in [-0.25, -0.2) is 4.98 Å². The van der Waals surface area contributed by atoms with E-state index < -0.39 is 0 Å². The van der Waals surface area contributed by atoms with Gasteiger partial charge in [-0.05, 0) is 36.0 Å². The molecule has 0 bridgehead atoms. The number of hydrogen-bond acceptors (Lipinski definition) is 4. The summed E-state index contributed by atoms with van der Waals surface area (Å²) in [5, 5.41) is 3.06. The Labute approximate surface area is 149 Å². The van der Waals surface area contributed by atoms with Gasteiger partial charge in [-0.1, -0.05) is 32.9 Å². The number of hydrogen-bond donors (Lipinski definition) is 1. The Bertz CT molecular complexity index is 707. The Morgan fingerprint density at radius 3 is 2.60 bits per heavy atom. The predicted molar refractivity (Wildman–Crippen MR) is 101 cm³/mol. The monoisotopic (exact) mass is 338 g/mol. The highest BCUT2D eigenvalue weighted by Gasteiger charge is 2.26. The standard InChI is InChI=1S/C20H26N4O/c1-20(2,3)16-6-8-17(9-7-16)23-19(25)15-5-4-12-24(14-15)18-13-21-10-11-22-18/h6-11,13,15H,4-5,12,14H2,1-3H3,(H,23,25)/t15-/m1/s1. The third-order valence-electron chi connectivity index (χ3n) is 4.68. The number of benzene rings is 1. The second kappa shape index (κ2) is 7.21. The summed E-state index contributed by atoms with van der Waals surface area (Å²) >= 11 is 0. The molecule has 5 nitrogen and oxygen atoms in total. The summed E-state index contributed by atoms with van der Waals surface area (Å²) in [5.74, 6) is 0.893. The Hall–Kier alpha value is -2.43. The molecule has 1 saturated heterocycles. The lowest BCUT2D eigenvalue weighted by molar-refractivity contribution is -0.120. The maximum Gasteiger partial charge on any atom is 0.229 e. The highest BCUT2D eigenvalue weighted by Crippen LogP contribution is 2.25. The quantitative estimate of drug-likeness (QED) is 0.928. The molecule has 1 fully saturated rings. The Morgan fingerprint density at radius 2 is 1.96 bits per heavy atom. The molecule has 1 aliphatic rings. The van der Waals surface area contributed by atoms with Crippen LogP contribution in [0.4, 0.5) is 11.5 Å². The van der Waals surface area contributed by atoms with Crippen molar-refractivity contribution in [2.24, 2.45) is 5.92 Å². The molecule has 0 unspecified atom stereocenters. The van der Waals surface area contributed by atoms with E-state index in [0.717, 1.165) is 30.9 Å². The van der Waals surface area contributed by atoms with Crippen LogP contribution in [-0.2, 0) is 10.2 Å². The molecule has 2 heterocycles. The number of nitrogens with one attached hydrogen (secondary N) is 1. The highest BCUT2D eigenvalue weighted by atomic mass is 16.1. The first kappa shape index (κ1) is 17.4. The van der Waals surface area contributed by atoms with Crippen molar-refractivity contribution in [3.05, 3.63) is 48.4 Å². The van der Waals surface area contributed by atoms with E-state index in [2.05, 4.69) is 53.1 Å². The average molecular weight is 338 g/mol. The topological polar surface area (TPSA) is 58.1 Å². The van der Waals surface area contributed by atoms with Crippen molar-refractivity contribution in [2.75, 3.05) is 23.3 Å². The summed E-state index contributed by atoms with van der Waals surface area (Å²) in [4.78, 5) is 23.3. The summed E-state index contributed by atoms with van der Waals surface area (Å²) in [5.41, 5.74) is 2.23. The maximum atomic E-state index is 12.7. The van der Waals surface area contributed by atoms with Gasteiger partial charge in [-0.15, -0.1) is 0 Å². The van der Waals surface area contributed by atoms with Crippen LogP contribution in [0.1, 0.15) is 39.2 Å². The molecule has 25 heavy (non-hydrogen) atoms. The first-order valence-corrected chi connectivity index (χ1v) is 8.86. The van der Waals surface area contributed by atoms with E-state index in [0.29, 0.717) is 6.54 Å². The highest BCUT2D eigenvalue weighted by molar-refractivity contribution is 5.93.